The predicted octanol–water partition coefficient (Wildman–Crippen LogP) is 4.61. The third-order valence-electron chi connectivity index (χ3n) is 4.77. The van der Waals surface area contributed by atoms with Crippen LogP contribution in [0.2, 0.25) is 0 Å². The largest absolute Gasteiger partial charge is 0.386 e. The molecule has 0 radical (unpaired) electrons. The van der Waals surface area contributed by atoms with E-state index < -0.39 is 17.6 Å². The van der Waals surface area contributed by atoms with E-state index in [1.54, 1.807) is 36.6 Å². The Bertz CT molecular complexity index is 868. The van der Waals surface area contributed by atoms with Crippen molar-refractivity contribution in [2.75, 3.05) is 5.32 Å². The Kier molecular flexibility index (Phi) is 4.57. The molecule has 0 bridgehead atoms. The second-order valence-corrected chi connectivity index (χ2v) is 9.27. The molecule has 1 aromatic carbocycles. The van der Waals surface area contributed by atoms with Crippen molar-refractivity contribution in [3.63, 3.8) is 0 Å². The minimum Gasteiger partial charge on any atom is -0.386 e. The molecule has 0 atom stereocenters. The number of hydrogen-bond acceptors (Lipinski definition) is 3. The number of anilines is 1. The Morgan fingerprint density at radius 3 is 2.44 bits per heavy atom. The van der Waals surface area contributed by atoms with Crippen molar-refractivity contribution in [1.29, 1.82) is 0 Å². The molecule has 0 unspecified atom stereocenters. The fourth-order valence-electron chi connectivity index (χ4n) is 3.39. The van der Waals surface area contributed by atoms with Crippen LogP contribution in [0.5, 0.6) is 0 Å². The van der Waals surface area contributed by atoms with Crippen LogP contribution in [-0.4, -0.2) is 26.5 Å². The van der Waals surface area contributed by atoms with Crippen LogP contribution in [0.25, 0.3) is 11.0 Å². The summed E-state index contributed by atoms with van der Waals surface area (Å²) in [5, 5.41) is 13.1. The molecule has 1 fully saturated rings. The zero-order valence-electron chi connectivity index (χ0n) is 16.4. The second kappa shape index (κ2) is 6.26. The van der Waals surface area contributed by atoms with Gasteiger partial charge >= 0.3 is 0 Å². The summed E-state index contributed by atoms with van der Waals surface area (Å²) in [5.74, 6) is -2.61. The summed E-state index contributed by atoms with van der Waals surface area (Å²) in [7, 11) is 0. The molecule has 27 heavy (non-hydrogen) atoms. The Morgan fingerprint density at radius 1 is 1.30 bits per heavy atom. The Balaban J connectivity index is 2.03. The van der Waals surface area contributed by atoms with Crippen molar-refractivity contribution < 1.29 is 18.7 Å². The van der Waals surface area contributed by atoms with Crippen molar-refractivity contribution in [3.05, 3.63) is 23.8 Å². The number of halogens is 2. The number of hydrogen-bond donors (Lipinski definition) is 2. The standard InChI is InChI=1S/C20H27F2N3O2/c1-18(2,3)11-16(26)24-17-23-14-7-6-12(19(4,5)27)8-15(14)25(17)13-9-20(21,22)10-13/h6-8,13,27H,9-11H2,1-5H3,(H,23,24,26). The molecule has 7 heteroatoms. The monoisotopic (exact) mass is 379 g/mol. The van der Waals surface area contributed by atoms with Gasteiger partial charge < -0.3 is 9.67 Å². The highest BCUT2D eigenvalue weighted by Crippen LogP contribution is 2.48. The molecular weight excluding hydrogens is 352 g/mol. The van der Waals surface area contributed by atoms with Crippen molar-refractivity contribution in [1.82, 2.24) is 9.55 Å². The number of alkyl halides is 2. The van der Waals surface area contributed by atoms with Crippen LogP contribution in [0.4, 0.5) is 14.7 Å². The van der Waals surface area contributed by atoms with Gasteiger partial charge in [-0.05, 0) is 37.0 Å². The first-order chi connectivity index (χ1) is 12.3. The van der Waals surface area contributed by atoms with Gasteiger partial charge in [0.15, 0.2) is 0 Å². The molecule has 0 saturated heterocycles. The zero-order chi connectivity index (χ0) is 20.2. The lowest BCUT2D eigenvalue weighted by molar-refractivity contribution is -0.117. The normalized spacial score (nSPS) is 17.8. The molecule has 2 aromatic rings. The number of nitrogens with one attached hydrogen (secondary N) is 1. The average molecular weight is 379 g/mol. The van der Waals surface area contributed by atoms with Crippen molar-refractivity contribution in [2.45, 2.75) is 71.4 Å². The topological polar surface area (TPSA) is 67.2 Å². The minimum absolute atomic E-state index is 0.196. The molecule has 1 amide bonds. The van der Waals surface area contributed by atoms with E-state index in [-0.39, 0.29) is 30.1 Å². The number of amides is 1. The number of carbonyl (C=O) groups is 1. The van der Waals surface area contributed by atoms with E-state index in [1.165, 1.54) is 0 Å². The predicted molar refractivity (Wildman–Crippen MR) is 101 cm³/mol. The number of fused-ring (bicyclic) bond motifs is 1. The van der Waals surface area contributed by atoms with Gasteiger partial charge in [-0.3, -0.25) is 10.1 Å². The summed E-state index contributed by atoms with van der Waals surface area (Å²) in [6.07, 6.45) is -0.271. The van der Waals surface area contributed by atoms with Gasteiger partial charge in [-0.1, -0.05) is 26.8 Å². The first-order valence-corrected chi connectivity index (χ1v) is 9.18. The van der Waals surface area contributed by atoms with Crippen LogP contribution in [0.15, 0.2) is 18.2 Å². The lowest BCUT2D eigenvalue weighted by atomic mass is 9.87. The summed E-state index contributed by atoms with van der Waals surface area (Å²) < 4.78 is 28.7. The van der Waals surface area contributed by atoms with Gasteiger partial charge in [0.2, 0.25) is 11.9 Å². The fourth-order valence-corrected chi connectivity index (χ4v) is 3.39. The number of aliphatic hydroxyl groups is 1. The highest BCUT2D eigenvalue weighted by atomic mass is 19.3. The summed E-state index contributed by atoms with van der Waals surface area (Å²) in [4.78, 5) is 16.8. The lowest BCUT2D eigenvalue weighted by Gasteiger charge is -2.37. The Morgan fingerprint density at radius 2 is 1.93 bits per heavy atom. The van der Waals surface area contributed by atoms with Crippen LogP contribution < -0.4 is 5.32 Å². The summed E-state index contributed by atoms with van der Waals surface area (Å²) in [6, 6.07) is 4.83. The molecule has 1 heterocycles. The molecule has 0 aliphatic heterocycles. The molecule has 1 saturated carbocycles. The van der Waals surface area contributed by atoms with E-state index in [2.05, 4.69) is 10.3 Å². The van der Waals surface area contributed by atoms with E-state index in [0.29, 0.717) is 23.0 Å². The molecule has 1 aliphatic rings. The Labute approximate surface area is 157 Å². The first-order valence-electron chi connectivity index (χ1n) is 9.18. The summed E-state index contributed by atoms with van der Waals surface area (Å²) in [6.45, 7) is 9.20. The summed E-state index contributed by atoms with van der Waals surface area (Å²) >= 11 is 0. The lowest BCUT2D eigenvalue weighted by Crippen LogP contribution is -2.37. The molecule has 148 valence electrons. The van der Waals surface area contributed by atoms with E-state index in [0.717, 1.165) is 0 Å². The highest BCUT2D eigenvalue weighted by molar-refractivity contribution is 5.92. The minimum atomic E-state index is -2.69. The molecular formula is C20H27F2N3O2. The molecule has 0 spiro atoms. The average Bonchev–Trinajstić information content (AvgIpc) is 2.77. The number of aromatic nitrogens is 2. The molecule has 1 aliphatic carbocycles. The molecule has 2 N–H and O–H groups in total. The van der Waals surface area contributed by atoms with Crippen molar-refractivity contribution >= 4 is 22.9 Å². The van der Waals surface area contributed by atoms with Gasteiger partial charge in [0.25, 0.3) is 5.92 Å². The number of imidazole rings is 1. The third kappa shape index (κ3) is 4.29. The van der Waals surface area contributed by atoms with Crippen LogP contribution in [0.3, 0.4) is 0 Å². The maximum atomic E-state index is 13.5. The van der Waals surface area contributed by atoms with Crippen LogP contribution in [0, 0.1) is 5.41 Å². The maximum Gasteiger partial charge on any atom is 0.252 e. The quantitative estimate of drug-likeness (QED) is 0.815. The number of nitrogens with zero attached hydrogens (tertiary/aromatic N) is 2. The second-order valence-electron chi connectivity index (χ2n) is 9.27. The fraction of sp³-hybridized carbons (Fsp3) is 0.600. The number of carbonyl (C=O) groups excluding carboxylic acids is 1. The van der Waals surface area contributed by atoms with Gasteiger partial charge in [-0.15, -0.1) is 0 Å². The summed E-state index contributed by atoms with van der Waals surface area (Å²) in [5.41, 5.74) is 0.640. The van der Waals surface area contributed by atoms with Gasteiger partial charge in [0, 0.05) is 25.3 Å². The van der Waals surface area contributed by atoms with Gasteiger partial charge in [0.05, 0.1) is 16.6 Å². The number of rotatable bonds is 4. The van der Waals surface area contributed by atoms with Gasteiger partial charge in [0.1, 0.15) is 0 Å². The molecule has 5 nitrogen and oxygen atoms in total. The Hall–Kier alpha value is -2.02. The van der Waals surface area contributed by atoms with E-state index in [4.69, 9.17) is 0 Å². The van der Waals surface area contributed by atoms with E-state index in [9.17, 15) is 18.7 Å². The van der Waals surface area contributed by atoms with Crippen LogP contribution in [0.1, 0.15) is 65.5 Å². The molecule has 3 rings (SSSR count). The van der Waals surface area contributed by atoms with Crippen LogP contribution in [-0.2, 0) is 10.4 Å². The SMILES string of the molecule is CC(C)(C)CC(=O)Nc1nc2ccc(C(C)(C)O)cc2n1C1CC(F)(F)C1. The highest BCUT2D eigenvalue weighted by Gasteiger charge is 2.47. The van der Waals surface area contributed by atoms with Gasteiger partial charge in [-0.25, -0.2) is 13.8 Å². The van der Waals surface area contributed by atoms with Crippen molar-refractivity contribution in [2.24, 2.45) is 5.41 Å². The van der Waals surface area contributed by atoms with E-state index >= 15 is 0 Å². The first kappa shape index (κ1) is 19.7. The van der Waals surface area contributed by atoms with Crippen molar-refractivity contribution in [3.8, 4) is 0 Å². The smallest absolute Gasteiger partial charge is 0.252 e. The van der Waals surface area contributed by atoms with Gasteiger partial charge in [-0.2, -0.15) is 0 Å². The zero-order valence-corrected chi connectivity index (χ0v) is 16.4. The third-order valence-corrected chi connectivity index (χ3v) is 4.77. The van der Waals surface area contributed by atoms with Crippen LogP contribution >= 0.6 is 0 Å². The molecule has 1 aromatic heterocycles. The maximum absolute atomic E-state index is 13.5. The van der Waals surface area contributed by atoms with E-state index in [1.807, 2.05) is 20.8 Å². The number of benzene rings is 1.